The Hall–Kier alpha value is -1.40. The molecule has 14 heavy (non-hydrogen) atoms. The van der Waals surface area contributed by atoms with Crippen LogP contribution in [0.15, 0.2) is 41.4 Å². The highest BCUT2D eigenvalue weighted by Crippen LogP contribution is 2.26. The smallest absolute Gasteiger partial charge is 0.211 e. The molecule has 0 rings (SSSR count). The molecule has 0 saturated heterocycles. The van der Waals surface area contributed by atoms with E-state index in [1.165, 1.54) is 6.08 Å². The maximum atomic E-state index is 9.82. The van der Waals surface area contributed by atoms with Gasteiger partial charge in [0.1, 0.15) is 0 Å². The summed E-state index contributed by atoms with van der Waals surface area (Å²) in [6, 6.07) is 0. The minimum absolute atomic E-state index is 0.0790. The fourth-order valence-electron chi connectivity index (χ4n) is 0.952. The molecule has 0 heterocycles. The van der Waals surface area contributed by atoms with Gasteiger partial charge in [-0.1, -0.05) is 51.7 Å². The predicted molar refractivity (Wildman–Crippen MR) is 59.9 cm³/mol. The van der Waals surface area contributed by atoms with Gasteiger partial charge in [-0.05, 0) is 11.0 Å². The average Bonchev–Trinajstić information content (AvgIpc) is 2.08. The molecule has 0 radical (unpaired) electrons. The van der Waals surface area contributed by atoms with E-state index in [9.17, 15) is 4.79 Å². The first-order valence-corrected chi connectivity index (χ1v) is 4.55. The molecule has 0 aromatic carbocycles. The average molecular weight is 191 g/mol. The van der Waals surface area contributed by atoms with Crippen LogP contribution in [0, 0.1) is 5.41 Å². The number of aliphatic imine (C=N–C) groups is 1. The zero-order valence-electron chi connectivity index (χ0n) is 9.08. The van der Waals surface area contributed by atoms with Gasteiger partial charge in [0.15, 0.2) is 0 Å². The molecular formula is C12H17NO. The van der Waals surface area contributed by atoms with Crippen molar-refractivity contribution in [2.24, 2.45) is 10.4 Å². The molecule has 2 nitrogen and oxygen atoms in total. The minimum atomic E-state index is 0.0790. The lowest BCUT2D eigenvalue weighted by Gasteiger charge is -2.19. The summed E-state index contributed by atoms with van der Waals surface area (Å²) in [4.78, 5) is 13.3. The molecule has 0 spiro atoms. The molecule has 0 aromatic rings. The van der Waals surface area contributed by atoms with Gasteiger partial charge in [-0.15, -0.1) is 0 Å². The van der Waals surface area contributed by atoms with E-state index in [1.807, 2.05) is 18.2 Å². The summed E-state index contributed by atoms with van der Waals surface area (Å²) in [6.45, 7) is 10.4. The van der Waals surface area contributed by atoms with Crippen LogP contribution in [0.3, 0.4) is 0 Å². The van der Waals surface area contributed by atoms with E-state index in [0.717, 1.165) is 5.57 Å². The van der Waals surface area contributed by atoms with Crippen LogP contribution in [0.5, 0.6) is 0 Å². The monoisotopic (exact) mass is 191 g/mol. The SMILES string of the molecule is C=C/C=C(\C=C/CN=C=O)C(C)(C)C. The van der Waals surface area contributed by atoms with Crippen LogP contribution in [0.4, 0.5) is 0 Å². The first kappa shape index (κ1) is 12.6. The normalized spacial score (nSPS) is 12.6. The van der Waals surface area contributed by atoms with E-state index in [4.69, 9.17) is 0 Å². The van der Waals surface area contributed by atoms with Crippen LogP contribution in [-0.4, -0.2) is 12.6 Å². The first-order chi connectivity index (χ1) is 6.52. The number of carbonyl (C=O) groups excluding carboxylic acids is 1. The Morgan fingerprint density at radius 2 is 2.14 bits per heavy atom. The fourth-order valence-corrected chi connectivity index (χ4v) is 0.952. The molecular weight excluding hydrogens is 174 g/mol. The second kappa shape index (κ2) is 6.11. The Kier molecular flexibility index (Phi) is 5.50. The molecule has 0 aliphatic rings. The molecule has 0 aromatic heterocycles. The lowest BCUT2D eigenvalue weighted by molar-refractivity contribution is 0.517. The highest BCUT2D eigenvalue weighted by Gasteiger charge is 2.12. The van der Waals surface area contributed by atoms with E-state index in [0.29, 0.717) is 6.54 Å². The Balaban J connectivity index is 4.55. The van der Waals surface area contributed by atoms with Gasteiger partial charge >= 0.3 is 0 Å². The summed E-state index contributed by atoms with van der Waals surface area (Å²) in [7, 11) is 0. The molecule has 0 amide bonds. The van der Waals surface area contributed by atoms with E-state index >= 15 is 0 Å². The van der Waals surface area contributed by atoms with Crippen LogP contribution >= 0.6 is 0 Å². The number of nitrogens with zero attached hydrogens (tertiary/aromatic N) is 1. The summed E-state index contributed by atoms with van der Waals surface area (Å²) in [5.74, 6) is 0. The third-order valence-electron chi connectivity index (χ3n) is 1.72. The van der Waals surface area contributed by atoms with Crippen molar-refractivity contribution < 1.29 is 4.79 Å². The highest BCUT2D eigenvalue weighted by atomic mass is 16.1. The van der Waals surface area contributed by atoms with Crippen molar-refractivity contribution in [2.45, 2.75) is 20.8 Å². The van der Waals surface area contributed by atoms with Gasteiger partial charge < -0.3 is 0 Å². The predicted octanol–water partition coefficient (Wildman–Crippen LogP) is 3.04. The minimum Gasteiger partial charge on any atom is -0.211 e. The van der Waals surface area contributed by atoms with Crippen LogP contribution in [0.2, 0.25) is 0 Å². The van der Waals surface area contributed by atoms with E-state index < -0.39 is 0 Å². The summed E-state index contributed by atoms with van der Waals surface area (Å²) < 4.78 is 0. The molecule has 0 unspecified atom stereocenters. The molecule has 2 heteroatoms. The zero-order chi connectivity index (χ0) is 11.0. The van der Waals surface area contributed by atoms with Gasteiger partial charge in [-0.25, -0.2) is 9.79 Å². The second-order valence-electron chi connectivity index (χ2n) is 3.94. The number of isocyanates is 1. The number of hydrogen-bond acceptors (Lipinski definition) is 2. The fraction of sp³-hybridized carbons (Fsp3) is 0.417. The van der Waals surface area contributed by atoms with Gasteiger partial charge in [0.05, 0.1) is 6.54 Å². The van der Waals surface area contributed by atoms with Gasteiger partial charge in [0.2, 0.25) is 6.08 Å². The summed E-state index contributed by atoms with van der Waals surface area (Å²) in [6.07, 6.45) is 9.01. The highest BCUT2D eigenvalue weighted by molar-refractivity contribution is 5.34. The van der Waals surface area contributed by atoms with Crippen LogP contribution in [0.25, 0.3) is 0 Å². The Labute approximate surface area is 85.7 Å². The van der Waals surface area contributed by atoms with Crippen molar-refractivity contribution in [3.63, 3.8) is 0 Å². The summed E-state index contributed by atoms with van der Waals surface area (Å²) in [5.41, 5.74) is 1.24. The van der Waals surface area contributed by atoms with Gasteiger partial charge in [0.25, 0.3) is 0 Å². The lowest BCUT2D eigenvalue weighted by Crippen LogP contribution is -2.07. The van der Waals surface area contributed by atoms with Crippen LogP contribution in [0.1, 0.15) is 20.8 Å². The molecule has 76 valence electrons. The van der Waals surface area contributed by atoms with Gasteiger partial charge in [0, 0.05) is 0 Å². The topological polar surface area (TPSA) is 29.4 Å². The Bertz CT molecular complexity index is 286. The van der Waals surface area contributed by atoms with Crippen LogP contribution < -0.4 is 0 Å². The van der Waals surface area contributed by atoms with Crippen molar-refractivity contribution in [3.8, 4) is 0 Å². The maximum Gasteiger partial charge on any atom is 0.235 e. The molecule has 0 saturated carbocycles. The Morgan fingerprint density at radius 3 is 2.57 bits per heavy atom. The van der Waals surface area contributed by atoms with E-state index in [1.54, 1.807) is 6.08 Å². The zero-order valence-corrected chi connectivity index (χ0v) is 9.08. The quantitative estimate of drug-likeness (QED) is 0.381. The summed E-state index contributed by atoms with van der Waals surface area (Å²) in [5, 5.41) is 0. The Morgan fingerprint density at radius 1 is 1.50 bits per heavy atom. The second-order valence-corrected chi connectivity index (χ2v) is 3.94. The van der Waals surface area contributed by atoms with Crippen molar-refractivity contribution in [1.29, 1.82) is 0 Å². The molecule has 0 aliphatic carbocycles. The molecule has 0 aliphatic heterocycles. The summed E-state index contributed by atoms with van der Waals surface area (Å²) >= 11 is 0. The van der Waals surface area contributed by atoms with Gasteiger partial charge in [-0.2, -0.15) is 0 Å². The van der Waals surface area contributed by atoms with Crippen LogP contribution in [-0.2, 0) is 4.79 Å². The van der Waals surface area contributed by atoms with Crippen molar-refractivity contribution in [3.05, 3.63) is 36.5 Å². The maximum absolute atomic E-state index is 9.82. The van der Waals surface area contributed by atoms with Crippen molar-refractivity contribution in [2.75, 3.05) is 6.54 Å². The first-order valence-electron chi connectivity index (χ1n) is 4.55. The lowest BCUT2D eigenvalue weighted by atomic mass is 9.86. The van der Waals surface area contributed by atoms with Crippen molar-refractivity contribution >= 4 is 6.08 Å². The molecule has 0 N–H and O–H groups in total. The largest absolute Gasteiger partial charge is 0.235 e. The third kappa shape index (κ3) is 5.28. The van der Waals surface area contributed by atoms with Gasteiger partial charge in [-0.3, -0.25) is 0 Å². The van der Waals surface area contributed by atoms with E-state index in [2.05, 4.69) is 32.3 Å². The van der Waals surface area contributed by atoms with E-state index in [-0.39, 0.29) is 5.41 Å². The standard InChI is InChI=1S/C12H17NO/c1-5-7-11(12(2,3)4)8-6-9-13-10-14/h5-8H,1,9H2,2-4H3/b8-6-,11-7+. The third-order valence-corrected chi connectivity index (χ3v) is 1.72. The molecule has 0 atom stereocenters. The number of hydrogen-bond donors (Lipinski definition) is 0. The van der Waals surface area contributed by atoms with Crippen molar-refractivity contribution in [1.82, 2.24) is 0 Å². The molecule has 0 fully saturated rings. The number of rotatable bonds is 4. The number of allylic oxidation sites excluding steroid dienone is 4. The molecule has 0 bridgehead atoms.